The average molecular weight is 363 g/mol. The maximum Gasteiger partial charge on any atom is 0.151 e. The molecular weight excluding hydrogens is 346 g/mol. The van der Waals surface area contributed by atoms with Crippen molar-refractivity contribution in [2.45, 2.75) is 6.61 Å². The summed E-state index contributed by atoms with van der Waals surface area (Å²) in [6, 6.07) is 17.7. The highest BCUT2D eigenvalue weighted by atomic mass is 32.1. The van der Waals surface area contributed by atoms with Gasteiger partial charge >= 0.3 is 0 Å². The number of fused-ring (bicyclic) bond motifs is 1. The van der Waals surface area contributed by atoms with Crippen molar-refractivity contribution in [1.29, 1.82) is 0 Å². The van der Waals surface area contributed by atoms with Gasteiger partial charge in [-0.15, -0.1) is 11.3 Å². The van der Waals surface area contributed by atoms with Gasteiger partial charge in [0.25, 0.3) is 0 Å². The first-order chi connectivity index (χ1) is 12.8. The summed E-state index contributed by atoms with van der Waals surface area (Å²) in [5.41, 5.74) is 2.95. The Labute approximate surface area is 155 Å². The van der Waals surface area contributed by atoms with Gasteiger partial charge in [0.1, 0.15) is 24.4 Å². The Balaban J connectivity index is 1.47. The minimum absolute atomic E-state index is 0.496. The summed E-state index contributed by atoms with van der Waals surface area (Å²) >= 11 is 1.62. The van der Waals surface area contributed by atoms with Crippen LogP contribution in [0.3, 0.4) is 0 Å². The zero-order chi connectivity index (χ0) is 17.8. The largest absolute Gasteiger partial charge is 0.497 e. The van der Waals surface area contributed by atoms with Crippen LogP contribution in [0.15, 0.2) is 66.3 Å². The zero-order valence-electron chi connectivity index (χ0n) is 14.2. The Morgan fingerprint density at radius 1 is 1.00 bits per heavy atom. The highest BCUT2D eigenvalue weighted by Gasteiger charge is 2.06. The summed E-state index contributed by atoms with van der Waals surface area (Å²) in [5.74, 6) is 2.43. The van der Waals surface area contributed by atoms with Crippen LogP contribution in [0, 0.1) is 0 Å². The van der Waals surface area contributed by atoms with Crippen LogP contribution in [0.25, 0.3) is 10.2 Å². The number of rotatable bonds is 6. The van der Waals surface area contributed by atoms with E-state index in [9.17, 15) is 0 Å². The molecule has 26 heavy (non-hydrogen) atoms. The second kappa shape index (κ2) is 7.41. The van der Waals surface area contributed by atoms with Crippen molar-refractivity contribution in [3.05, 3.63) is 71.9 Å². The van der Waals surface area contributed by atoms with Crippen molar-refractivity contribution in [2.24, 2.45) is 0 Å². The van der Waals surface area contributed by atoms with E-state index >= 15 is 0 Å². The Kier molecular flexibility index (Phi) is 4.66. The number of nitrogens with one attached hydrogen (secondary N) is 1. The number of hydrogen-bond acceptors (Lipinski definition) is 6. The van der Waals surface area contributed by atoms with Gasteiger partial charge in [0.15, 0.2) is 5.82 Å². The van der Waals surface area contributed by atoms with Crippen LogP contribution in [-0.2, 0) is 6.61 Å². The van der Waals surface area contributed by atoms with Crippen molar-refractivity contribution in [3.8, 4) is 11.5 Å². The van der Waals surface area contributed by atoms with Crippen molar-refractivity contribution in [2.75, 3.05) is 12.4 Å². The van der Waals surface area contributed by atoms with Crippen molar-refractivity contribution < 1.29 is 9.47 Å². The molecule has 5 nitrogen and oxygen atoms in total. The van der Waals surface area contributed by atoms with Crippen LogP contribution in [0.5, 0.6) is 11.5 Å². The quantitative estimate of drug-likeness (QED) is 0.521. The first-order valence-electron chi connectivity index (χ1n) is 8.13. The fourth-order valence-electron chi connectivity index (χ4n) is 2.57. The number of anilines is 2. The Hall–Kier alpha value is -3.12. The Morgan fingerprint density at radius 2 is 1.88 bits per heavy atom. The standard InChI is InChI=1S/C20H17N3O2S/c1-24-16-7-5-14(6-8-16)12-25-17-4-2-3-15(11-17)23-20-19-18(9-10-26-19)21-13-22-20/h2-11,13H,12H2,1H3,(H,21,22,23). The van der Waals surface area contributed by atoms with Crippen LogP contribution < -0.4 is 14.8 Å². The van der Waals surface area contributed by atoms with Gasteiger partial charge in [0, 0.05) is 11.8 Å². The molecule has 4 rings (SSSR count). The van der Waals surface area contributed by atoms with E-state index in [1.54, 1.807) is 24.8 Å². The van der Waals surface area contributed by atoms with Crippen LogP contribution in [0.2, 0.25) is 0 Å². The molecule has 0 aliphatic heterocycles. The lowest BCUT2D eigenvalue weighted by Crippen LogP contribution is -1.97. The molecule has 0 aliphatic rings. The SMILES string of the molecule is COc1ccc(COc2cccc(Nc3ncnc4ccsc34)c2)cc1. The fraction of sp³-hybridized carbons (Fsp3) is 0.100. The van der Waals surface area contributed by atoms with Crippen LogP contribution in [0.1, 0.15) is 5.56 Å². The summed E-state index contributed by atoms with van der Waals surface area (Å²) in [6.45, 7) is 0.496. The monoisotopic (exact) mass is 363 g/mol. The minimum Gasteiger partial charge on any atom is -0.497 e. The van der Waals surface area contributed by atoms with Crippen LogP contribution in [0.4, 0.5) is 11.5 Å². The molecule has 130 valence electrons. The van der Waals surface area contributed by atoms with Crippen LogP contribution >= 0.6 is 11.3 Å². The third-order valence-corrected chi connectivity index (χ3v) is 4.81. The predicted octanol–water partition coefficient (Wildman–Crippen LogP) is 5.02. The Morgan fingerprint density at radius 3 is 2.73 bits per heavy atom. The van der Waals surface area contributed by atoms with Gasteiger partial charge in [-0.25, -0.2) is 9.97 Å². The van der Waals surface area contributed by atoms with Gasteiger partial charge in [-0.2, -0.15) is 0 Å². The molecule has 2 aromatic carbocycles. The maximum absolute atomic E-state index is 5.91. The van der Waals surface area contributed by atoms with E-state index in [-0.39, 0.29) is 0 Å². The first kappa shape index (κ1) is 16.4. The van der Waals surface area contributed by atoms with Gasteiger partial charge in [-0.1, -0.05) is 18.2 Å². The van der Waals surface area contributed by atoms with Crippen LogP contribution in [-0.4, -0.2) is 17.1 Å². The van der Waals surface area contributed by atoms with Gasteiger partial charge in [-0.3, -0.25) is 0 Å². The van der Waals surface area contributed by atoms with E-state index in [1.807, 2.05) is 60.0 Å². The number of ether oxygens (including phenoxy) is 2. The number of benzene rings is 2. The van der Waals surface area contributed by atoms with E-state index < -0.39 is 0 Å². The van der Waals surface area contributed by atoms with E-state index in [1.165, 1.54) is 0 Å². The molecule has 0 fully saturated rings. The predicted molar refractivity (Wildman–Crippen MR) is 104 cm³/mol. The zero-order valence-corrected chi connectivity index (χ0v) is 15.0. The van der Waals surface area contributed by atoms with Gasteiger partial charge in [-0.05, 0) is 41.3 Å². The lowest BCUT2D eigenvalue weighted by Gasteiger charge is -2.10. The summed E-state index contributed by atoms with van der Waals surface area (Å²) in [4.78, 5) is 8.61. The molecule has 6 heteroatoms. The molecule has 2 aromatic heterocycles. The molecule has 0 aliphatic carbocycles. The highest BCUT2D eigenvalue weighted by Crippen LogP contribution is 2.28. The molecule has 0 saturated heterocycles. The molecule has 0 amide bonds. The summed E-state index contributed by atoms with van der Waals surface area (Å²) in [6.07, 6.45) is 1.57. The molecule has 0 unspecified atom stereocenters. The lowest BCUT2D eigenvalue weighted by molar-refractivity contribution is 0.306. The lowest BCUT2D eigenvalue weighted by atomic mass is 10.2. The molecule has 0 saturated carbocycles. The minimum atomic E-state index is 0.496. The second-order valence-corrected chi connectivity index (χ2v) is 6.56. The maximum atomic E-state index is 5.91. The average Bonchev–Trinajstić information content (AvgIpc) is 3.17. The number of methoxy groups -OCH3 is 1. The molecule has 4 aromatic rings. The van der Waals surface area contributed by atoms with Crippen molar-refractivity contribution >= 4 is 33.1 Å². The molecule has 0 radical (unpaired) electrons. The molecule has 2 heterocycles. The van der Waals surface area contributed by atoms with E-state index in [0.29, 0.717) is 6.61 Å². The van der Waals surface area contributed by atoms with Gasteiger partial charge in [0.2, 0.25) is 0 Å². The smallest absolute Gasteiger partial charge is 0.151 e. The van der Waals surface area contributed by atoms with Crippen molar-refractivity contribution in [1.82, 2.24) is 9.97 Å². The van der Waals surface area contributed by atoms with E-state index in [0.717, 1.165) is 38.8 Å². The molecule has 0 bridgehead atoms. The molecule has 0 spiro atoms. The molecule has 0 atom stereocenters. The summed E-state index contributed by atoms with van der Waals surface area (Å²) in [5, 5.41) is 5.36. The van der Waals surface area contributed by atoms with Gasteiger partial charge in [0.05, 0.1) is 17.3 Å². The van der Waals surface area contributed by atoms with E-state index in [2.05, 4.69) is 15.3 Å². The second-order valence-electron chi connectivity index (χ2n) is 5.65. The normalized spacial score (nSPS) is 10.7. The number of aromatic nitrogens is 2. The highest BCUT2D eigenvalue weighted by molar-refractivity contribution is 7.17. The number of nitrogens with zero attached hydrogens (tertiary/aromatic N) is 2. The third kappa shape index (κ3) is 3.60. The fourth-order valence-corrected chi connectivity index (χ4v) is 3.36. The summed E-state index contributed by atoms with van der Waals surface area (Å²) in [7, 11) is 1.66. The number of thiophene rings is 1. The van der Waals surface area contributed by atoms with E-state index in [4.69, 9.17) is 9.47 Å². The van der Waals surface area contributed by atoms with Crippen molar-refractivity contribution in [3.63, 3.8) is 0 Å². The summed E-state index contributed by atoms with van der Waals surface area (Å²) < 4.78 is 12.1. The number of hydrogen-bond donors (Lipinski definition) is 1. The molecule has 1 N–H and O–H groups in total. The Bertz CT molecular complexity index is 1010. The van der Waals surface area contributed by atoms with Gasteiger partial charge < -0.3 is 14.8 Å². The topological polar surface area (TPSA) is 56.3 Å². The third-order valence-electron chi connectivity index (χ3n) is 3.90. The first-order valence-corrected chi connectivity index (χ1v) is 9.01. The molecular formula is C20H17N3O2S.